The van der Waals surface area contributed by atoms with Crippen LogP contribution in [0.25, 0.3) is 0 Å². The summed E-state index contributed by atoms with van der Waals surface area (Å²) in [6, 6.07) is 0.155. The molecule has 0 aromatic rings. The van der Waals surface area contributed by atoms with E-state index in [2.05, 4.69) is 15.9 Å². The van der Waals surface area contributed by atoms with E-state index in [0.29, 0.717) is 0 Å². The van der Waals surface area contributed by atoms with Crippen molar-refractivity contribution in [1.29, 1.82) is 0 Å². The molecule has 0 saturated heterocycles. The smallest absolute Gasteiger partial charge is 0.410 e. The summed E-state index contributed by atoms with van der Waals surface area (Å²) in [6.07, 6.45) is 3.80. The van der Waals surface area contributed by atoms with Crippen LogP contribution in [0.3, 0.4) is 0 Å². The Morgan fingerprint density at radius 3 is 2.28 bits per heavy atom. The Morgan fingerprint density at radius 1 is 1.28 bits per heavy atom. The summed E-state index contributed by atoms with van der Waals surface area (Å²) >= 11 is 3.13. The fraction of sp³-hybridized carbons (Fsp3) is 0.846. The topological polar surface area (TPSA) is 46.6 Å². The molecule has 0 spiro atoms. The predicted molar refractivity (Wildman–Crippen MR) is 74.0 cm³/mol. The zero-order chi connectivity index (χ0) is 13.8. The minimum absolute atomic E-state index is 0.00718. The highest BCUT2D eigenvalue weighted by Gasteiger charge is 2.31. The lowest BCUT2D eigenvalue weighted by molar-refractivity contribution is -0.118. The summed E-state index contributed by atoms with van der Waals surface area (Å²) in [7, 11) is 0. The van der Waals surface area contributed by atoms with Crippen molar-refractivity contribution >= 4 is 27.8 Å². The third kappa shape index (κ3) is 4.96. The van der Waals surface area contributed by atoms with E-state index >= 15 is 0 Å². The van der Waals surface area contributed by atoms with Crippen LogP contribution in [0, 0.1) is 0 Å². The summed E-state index contributed by atoms with van der Waals surface area (Å²) < 4.78 is 5.38. The van der Waals surface area contributed by atoms with Gasteiger partial charge in [-0.05, 0) is 33.6 Å². The first-order valence-electron chi connectivity index (χ1n) is 6.41. The number of carbonyl (C=O) groups excluding carboxylic acids is 2. The van der Waals surface area contributed by atoms with Crippen LogP contribution in [0.5, 0.6) is 0 Å². The number of amides is 1. The fourth-order valence-corrected chi connectivity index (χ4v) is 2.29. The van der Waals surface area contributed by atoms with E-state index in [0.717, 1.165) is 25.7 Å². The number of nitrogens with zero attached hydrogens (tertiary/aromatic N) is 1. The first-order valence-corrected chi connectivity index (χ1v) is 7.53. The molecule has 0 N–H and O–H groups in total. The largest absolute Gasteiger partial charge is 0.444 e. The molecule has 0 bridgehead atoms. The average molecular weight is 320 g/mol. The standard InChI is InChI=1S/C13H22BrNO3/c1-13(2,3)18-12(17)15(9-11(16)8-14)10-6-4-5-7-10/h10H,4-9H2,1-3H3. The number of Topliss-reactive ketones (excluding diaryl/α,β-unsaturated/α-hetero) is 1. The Morgan fingerprint density at radius 2 is 1.83 bits per heavy atom. The maximum atomic E-state index is 12.1. The van der Waals surface area contributed by atoms with Gasteiger partial charge in [-0.25, -0.2) is 4.79 Å². The molecule has 0 radical (unpaired) electrons. The molecule has 0 aliphatic heterocycles. The van der Waals surface area contributed by atoms with Crippen LogP contribution in [0.2, 0.25) is 0 Å². The highest BCUT2D eigenvalue weighted by Crippen LogP contribution is 2.25. The maximum Gasteiger partial charge on any atom is 0.410 e. The van der Waals surface area contributed by atoms with Crippen LogP contribution in [0.1, 0.15) is 46.5 Å². The normalized spacial score (nSPS) is 16.7. The van der Waals surface area contributed by atoms with Crippen molar-refractivity contribution in [3.63, 3.8) is 0 Å². The van der Waals surface area contributed by atoms with E-state index < -0.39 is 5.60 Å². The van der Waals surface area contributed by atoms with Gasteiger partial charge in [0.2, 0.25) is 0 Å². The van der Waals surface area contributed by atoms with Gasteiger partial charge in [-0.1, -0.05) is 28.8 Å². The summed E-state index contributed by atoms with van der Waals surface area (Å²) in [5.74, 6) is 0.00718. The molecule has 1 rings (SSSR count). The van der Waals surface area contributed by atoms with Gasteiger partial charge < -0.3 is 4.74 Å². The lowest BCUT2D eigenvalue weighted by atomic mass is 10.2. The van der Waals surface area contributed by atoms with Crippen molar-refractivity contribution in [3.05, 3.63) is 0 Å². The van der Waals surface area contributed by atoms with Gasteiger partial charge >= 0.3 is 6.09 Å². The van der Waals surface area contributed by atoms with Crippen LogP contribution in [-0.2, 0) is 9.53 Å². The summed E-state index contributed by atoms with van der Waals surface area (Å²) in [5.41, 5.74) is -0.522. The lowest BCUT2D eigenvalue weighted by Gasteiger charge is -2.31. The van der Waals surface area contributed by atoms with Crippen LogP contribution in [0.15, 0.2) is 0 Å². The second-order valence-corrected chi connectivity index (χ2v) is 6.28. The quantitative estimate of drug-likeness (QED) is 0.748. The van der Waals surface area contributed by atoms with Gasteiger partial charge in [0, 0.05) is 6.04 Å². The zero-order valence-corrected chi connectivity index (χ0v) is 13.0. The fourth-order valence-electron chi connectivity index (χ4n) is 2.11. The van der Waals surface area contributed by atoms with Gasteiger partial charge in [-0.2, -0.15) is 0 Å². The molecule has 0 aromatic heterocycles. The Balaban J connectivity index is 2.69. The first kappa shape index (κ1) is 15.5. The van der Waals surface area contributed by atoms with Gasteiger partial charge in [0.25, 0.3) is 0 Å². The van der Waals surface area contributed by atoms with E-state index in [4.69, 9.17) is 4.74 Å². The van der Waals surface area contributed by atoms with Gasteiger partial charge in [-0.15, -0.1) is 0 Å². The third-order valence-corrected chi connectivity index (χ3v) is 3.51. The minimum atomic E-state index is -0.522. The molecule has 1 aliphatic carbocycles. The molecular weight excluding hydrogens is 298 g/mol. The molecular formula is C13H22BrNO3. The van der Waals surface area contributed by atoms with Crippen molar-refractivity contribution in [2.45, 2.75) is 58.1 Å². The van der Waals surface area contributed by atoms with Crippen molar-refractivity contribution in [1.82, 2.24) is 4.90 Å². The molecule has 18 heavy (non-hydrogen) atoms. The average Bonchev–Trinajstić information content (AvgIpc) is 2.75. The van der Waals surface area contributed by atoms with Gasteiger partial charge in [0.05, 0.1) is 11.9 Å². The molecule has 0 unspecified atom stereocenters. The molecule has 5 heteroatoms. The SMILES string of the molecule is CC(C)(C)OC(=O)N(CC(=O)CBr)C1CCCC1. The van der Waals surface area contributed by atoms with Crippen LogP contribution in [0.4, 0.5) is 4.79 Å². The molecule has 1 aliphatic rings. The van der Waals surface area contributed by atoms with Gasteiger partial charge in [0.1, 0.15) is 5.60 Å². The van der Waals surface area contributed by atoms with E-state index in [1.165, 1.54) is 0 Å². The number of ketones is 1. The molecule has 1 saturated carbocycles. The molecule has 104 valence electrons. The highest BCUT2D eigenvalue weighted by molar-refractivity contribution is 9.09. The monoisotopic (exact) mass is 319 g/mol. The predicted octanol–water partition coefficient (Wildman–Crippen LogP) is 3.13. The molecule has 1 fully saturated rings. The second-order valence-electron chi connectivity index (χ2n) is 5.72. The number of carbonyl (C=O) groups is 2. The molecule has 0 heterocycles. The van der Waals surface area contributed by atoms with E-state index in [-0.39, 0.29) is 29.8 Å². The second kappa shape index (κ2) is 6.55. The molecule has 0 aromatic carbocycles. The number of halogens is 1. The first-order chi connectivity index (χ1) is 8.33. The van der Waals surface area contributed by atoms with Crippen LogP contribution < -0.4 is 0 Å². The zero-order valence-electron chi connectivity index (χ0n) is 11.4. The minimum Gasteiger partial charge on any atom is -0.444 e. The molecule has 0 atom stereocenters. The van der Waals surface area contributed by atoms with E-state index in [1.807, 2.05) is 20.8 Å². The summed E-state index contributed by atoms with van der Waals surface area (Å²) in [4.78, 5) is 25.3. The Labute approximate surface area is 117 Å². The molecule has 4 nitrogen and oxygen atoms in total. The van der Waals surface area contributed by atoms with E-state index in [9.17, 15) is 9.59 Å². The van der Waals surface area contributed by atoms with Crippen molar-refractivity contribution in [3.8, 4) is 0 Å². The number of ether oxygens (including phenoxy) is 1. The third-order valence-electron chi connectivity index (χ3n) is 2.89. The lowest BCUT2D eigenvalue weighted by Crippen LogP contribution is -2.45. The number of hydrogen-bond donors (Lipinski definition) is 0. The van der Waals surface area contributed by atoms with Crippen LogP contribution in [-0.4, -0.2) is 40.3 Å². The Kier molecular flexibility index (Phi) is 5.63. The van der Waals surface area contributed by atoms with Crippen molar-refractivity contribution in [2.75, 3.05) is 11.9 Å². The number of hydrogen-bond acceptors (Lipinski definition) is 3. The molecule has 1 amide bonds. The highest BCUT2D eigenvalue weighted by atomic mass is 79.9. The van der Waals surface area contributed by atoms with E-state index in [1.54, 1.807) is 4.90 Å². The summed E-state index contributed by atoms with van der Waals surface area (Å²) in [6.45, 7) is 5.66. The van der Waals surface area contributed by atoms with Crippen molar-refractivity contribution < 1.29 is 14.3 Å². The van der Waals surface area contributed by atoms with Crippen LogP contribution >= 0.6 is 15.9 Å². The Hall–Kier alpha value is -0.580. The maximum absolute atomic E-state index is 12.1. The summed E-state index contributed by atoms with van der Waals surface area (Å²) in [5, 5.41) is 0.277. The van der Waals surface area contributed by atoms with Gasteiger partial charge in [-0.3, -0.25) is 9.69 Å². The Bertz CT molecular complexity index is 306. The van der Waals surface area contributed by atoms with Crippen molar-refractivity contribution in [2.24, 2.45) is 0 Å². The number of alkyl halides is 1. The number of rotatable bonds is 4. The van der Waals surface area contributed by atoms with Gasteiger partial charge in [0.15, 0.2) is 5.78 Å².